The molecule has 0 aromatic carbocycles. The Labute approximate surface area is 301 Å². The van der Waals surface area contributed by atoms with Gasteiger partial charge in [0.25, 0.3) is 6.47 Å². The average Bonchev–Trinajstić information content (AvgIpc) is 3.75. The summed E-state index contributed by atoms with van der Waals surface area (Å²) in [6.45, 7) is 14.3. The smallest absolute Gasteiger partial charge is 0.338 e. The van der Waals surface area contributed by atoms with Crippen LogP contribution >= 0.6 is 0 Å². The molecule has 12 heteroatoms. The number of esters is 2. The number of unbranched alkanes of at least 4 members (excludes halogenated alkanes) is 1. The molecule has 3 saturated carbocycles. The van der Waals surface area contributed by atoms with Gasteiger partial charge in [0.1, 0.15) is 41.6 Å². The van der Waals surface area contributed by atoms with Crippen LogP contribution in [0, 0.1) is 28.6 Å². The van der Waals surface area contributed by atoms with E-state index in [2.05, 4.69) is 27.7 Å². The van der Waals surface area contributed by atoms with E-state index in [-0.39, 0.29) is 12.7 Å². The van der Waals surface area contributed by atoms with Gasteiger partial charge in [-0.15, -0.1) is 0 Å². The van der Waals surface area contributed by atoms with Crippen molar-refractivity contribution in [3.05, 3.63) is 35.5 Å². The van der Waals surface area contributed by atoms with Crippen LogP contribution in [0.15, 0.2) is 34.3 Å². The van der Waals surface area contributed by atoms with Crippen LogP contribution in [0.1, 0.15) is 92.6 Å². The second-order valence-corrected chi connectivity index (χ2v) is 15.6. The fourth-order valence-corrected chi connectivity index (χ4v) is 12.8. The van der Waals surface area contributed by atoms with E-state index in [0.717, 1.165) is 24.8 Å². The van der Waals surface area contributed by atoms with E-state index in [1.807, 2.05) is 19.9 Å². The first kappa shape index (κ1) is 37.8. The molecule has 3 heterocycles. The molecule has 12 atom stereocenters. The Kier molecular flexibility index (Phi) is 9.77. The van der Waals surface area contributed by atoms with Gasteiger partial charge in [-0.1, -0.05) is 60.8 Å². The number of methoxy groups -OCH3 is 3. The van der Waals surface area contributed by atoms with E-state index in [0.29, 0.717) is 43.5 Å². The lowest BCUT2D eigenvalue weighted by molar-refractivity contribution is -0.488. The minimum absolute atomic E-state index is 0.0794. The number of fused-ring (bicyclic) bond motifs is 4. The largest absolute Gasteiger partial charge is 0.501 e. The molecular formula is C39H56O12. The highest BCUT2D eigenvalue weighted by Crippen LogP contribution is 2.85. The average molecular weight is 717 g/mol. The fraction of sp³-hybridized carbons (Fsp3) is 0.769. The molecular weight excluding hydrogens is 660 g/mol. The summed E-state index contributed by atoms with van der Waals surface area (Å²) in [6.07, 6.45) is 4.46. The van der Waals surface area contributed by atoms with Gasteiger partial charge in [-0.2, -0.15) is 0 Å². The van der Waals surface area contributed by atoms with Crippen molar-refractivity contribution in [1.29, 1.82) is 0 Å². The zero-order valence-electron chi connectivity index (χ0n) is 31.8. The monoisotopic (exact) mass is 716 g/mol. The lowest BCUT2D eigenvalue weighted by Crippen LogP contribution is -2.95. The number of ether oxygens (including phenoxy) is 8. The molecule has 3 bridgehead atoms. The molecule has 12 nitrogen and oxygen atoms in total. The van der Waals surface area contributed by atoms with Gasteiger partial charge in [0.2, 0.25) is 0 Å². The van der Waals surface area contributed by atoms with E-state index in [9.17, 15) is 14.4 Å². The Morgan fingerprint density at radius 2 is 1.82 bits per heavy atom. The minimum atomic E-state index is -1.52. The molecule has 5 aliphatic rings. The molecule has 51 heavy (non-hydrogen) atoms. The minimum Gasteiger partial charge on any atom is -0.501 e. The van der Waals surface area contributed by atoms with Crippen LogP contribution in [0.3, 0.4) is 0 Å². The lowest BCUT2D eigenvalue weighted by Gasteiger charge is -2.79. The number of furan rings is 1. The molecule has 1 spiro atoms. The van der Waals surface area contributed by atoms with Gasteiger partial charge in [0, 0.05) is 56.7 Å². The molecule has 1 aromatic heterocycles. The van der Waals surface area contributed by atoms with E-state index in [1.54, 1.807) is 33.9 Å². The standard InChI is InChI=1S/C39H56O12/c1-11-14-16-36-35(7)28(13-3)34(6)20-37(35,49-22-48-36)39(45-10,32(34)47-21-40)33-38(36,44-9)30(29(31(42)51-33)26(12-2)43-8)23(4)27(50-24(5)41)18-25-15-17-46-19-25/h15,17,19,21,23,27-28,30,32-33H,11-14,16,18,20,22H2,1-10H3/b29-26-. The van der Waals surface area contributed by atoms with Gasteiger partial charge in [0.05, 0.1) is 25.2 Å². The molecule has 5 fully saturated rings. The molecule has 6 rings (SSSR count). The van der Waals surface area contributed by atoms with Gasteiger partial charge in [0.15, 0.2) is 11.7 Å². The predicted octanol–water partition coefficient (Wildman–Crippen LogP) is 5.70. The third-order valence-corrected chi connectivity index (χ3v) is 14.1. The Hall–Kier alpha value is -2.93. The van der Waals surface area contributed by atoms with Crippen LogP contribution < -0.4 is 0 Å². The second kappa shape index (κ2) is 13.2. The van der Waals surface area contributed by atoms with Gasteiger partial charge < -0.3 is 42.3 Å². The van der Waals surface area contributed by atoms with Gasteiger partial charge in [-0.05, 0) is 30.4 Å². The number of carbonyl (C=O) groups is 3. The first-order chi connectivity index (χ1) is 24.3. The fourth-order valence-electron chi connectivity index (χ4n) is 12.8. The highest BCUT2D eigenvalue weighted by Gasteiger charge is 2.99. The molecule has 0 radical (unpaired) electrons. The maximum absolute atomic E-state index is 14.9. The van der Waals surface area contributed by atoms with Crippen molar-refractivity contribution >= 4 is 18.4 Å². The number of rotatable bonds is 15. The van der Waals surface area contributed by atoms with Crippen molar-refractivity contribution in [2.45, 2.75) is 134 Å². The maximum atomic E-state index is 14.9. The summed E-state index contributed by atoms with van der Waals surface area (Å²) in [4.78, 5) is 40.2. The van der Waals surface area contributed by atoms with Crippen molar-refractivity contribution in [3.8, 4) is 0 Å². The maximum Gasteiger partial charge on any atom is 0.338 e. The molecule has 12 unspecified atom stereocenters. The van der Waals surface area contributed by atoms with Crippen LogP contribution in [0.2, 0.25) is 0 Å². The summed E-state index contributed by atoms with van der Waals surface area (Å²) in [7, 11) is 4.75. The van der Waals surface area contributed by atoms with Crippen LogP contribution in [-0.4, -0.2) is 87.2 Å². The molecule has 284 valence electrons. The van der Waals surface area contributed by atoms with E-state index >= 15 is 0 Å². The molecule has 3 aliphatic carbocycles. The summed E-state index contributed by atoms with van der Waals surface area (Å²) in [5.74, 6) is -2.17. The van der Waals surface area contributed by atoms with E-state index < -0.39 is 75.3 Å². The molecule has 1 aromatic rings. The Bertz CT molecular complexity index is 1520. The lowest BCUT2D eigenvalue weighted by atomic mass is 9.35. The van der Waals surface area contributed by atoms with Gasteiger partial charge in [-0.25, -0.2) is 4.79 Å². The number of hydrogen-bond donors (Lipinski definition) is 0. The SMILES string of the molecule is CCCCC12OCOC34CC(C)(C(OC=O)C3(OC)C3OC(=O)/C(=C(/CC)OC)C(C(C)C(Cc5ccoc5)OC(C)=O)C31OC)C(CC)C24C. The number of allylic oxidation sites excluding steroid dienone is 1. The van der Waals surface area contributed by atoms with Crippen LogP contribution in [0.25, 0.3) is 0 Å². The highest BCUT2D eigenvalue weighted by atomic mass is 16.7. The van der Waals surface area contributed by atoms with Crippen LogP contribution in [-0.2, 0) is 58.7 Å². The Morgan fingerprint density at radius 1 is 1.10 bits per heavy atom. The summed E-state index contributed by atoms with van der Waals surface area (Å²) in [5, 5.41) is 0. The normalized spacial score (nSPS) is 42.7. The number of carbonyl (C=O) groups excluding carboxylic acids is 3. The third-order valence-electron chi connectivity index (χ3n) is 14.1. The molecule has 2 saturated heterocycles. The van der Waals surface area contributed by atoms with Gasteiger partial charge in [-0.3, -0.25) is 9.59 Å². The van der Waals surface area contributed by atoms with Crippen molar-refractivity contribution < 1.29 is 56.7 Å². The third kappa shape index (κ3) is 4.36. The zero-order chi connectivity index (χ0) is 37.2. The Balaban J connectivity index is 1.76. The Morgan fingerprint density at radius 3 is 2.37 bits per heavy atom. The second-order valence-electron chi connectivity index (χ2n) is 15.6. The first-order valence-electron chi connectivity index (χ1n) is 18.5. The first-order valence-corrected chi connectivity index (χ1v) is 18.5. The predicted molar refractivity (Wildman–Crippen MR) is 182 cm³/mol. The van der Waals surface area contributed by atoms with Crippen LogP contribution in [0.5, 0.6) is 0 Å². The van der Waals surface area contributed by atoms with Crippen molar-refractivity contribution in [1.82, 2.24) is 0 Å². The molecule has 2 aliphatic heterocycles. The van der Waals surface area contributed by atoms with Crippen molar-refractivity contribution in [2.75, 3.05) is 28.1 Å². The summed E-state index contributed by atoms with van der Waals surface area (Å²) in [5.41, 5.74) is -5.61. The van der Waals surface area contributed by atoms with Crippen LogP contribution in [0.4, 0.5) is 0 Å². The van der Waals surface area contributed by atoms with Gasteiger partial charge >= 0.3 is 11.9 Å². The summed E-state index contributed by atoms with van der Waals surface area (Å²) >= 11 is 0. The van der Waals surface area contributed by atoms with E-state index in [1.165, 1.54) is 6.92 Å². The quantitative estimate of drug-likeness (QED) is 0.0724. The van der Waals surface area contributed by atoms with Crippen molar-refractivity contribution in [2.24, 2.45) is 28.6 Å². The van der Waals surface area contributed by atoms with Crippen molar-refractivity contribution in [3.63, 3.8) is 0 Å². The molecule has 0 N–H and O–H groups in total. The highest BCUT2D eigenvalue weighted by molar-refractivity contribution is 5.92. The van der Waals surface area contributed by atoms with E-state index in [4.69, 9.17) is 42.3 Å². The molecule has 0 amide bonds. The topological polar surface area (TPSA) is 138 Å². The number of hydrogen-bond acceptors (Lipinski definition) is 12. The summed E-state index contributed by atoms with van der Waals surface area (Å²) in [6, 6.07) is 1.83. The zero-order valence-corrected chi connectivity index (χ0v) is 31.8. The summed E-state index contributed by atoms with van der Waals surface area (Å²) < 4.78 is 58.6.